The highest BCUT2D eigenvalue weighted by Crippen LogP contribution is 2.18. The summed E-state index contributed by atoms with van der Waals surface area (Å²) in [6.45, 7) is 9.55. The maximum absolute atomic E-state index is 5.39. The number of nitrogens with zero attached hydrogens (tertiary/aromatic N) is 2. The van der Waals surface area contributed by atoms with Crippen LogP contribution in [-0.4, -0.2) is 70.6 Å². The topological polar surface area (TPSA) is 37.0 Å². The van der Waals surface area contributed by atoms with E-state index in [0.29, 0.717) is 0 Å². The van der Waals surface area contributed by atoms with E-state index in [1.54, 1.807) is 0 Å². The summed E-state index contributed by atoms with van der Waals surface area (Å²) in [5, 5.41) is 3.50. The van der Waals surface area contributed by atoms with Gasteiger partial charge in [0.05, 0.1) is 26.4 Å². The molecule has 116 valence electrons. The van der Waals surface area contributed by atoms with Gasteiger partial charge in [-0.3, -0.25) is 4.90 Å². The van der Waals surface area contributed by atoms with Crippen molar-refractivity contribution in [3.8, 4) is 0 Å². The van der Waals surface area contributed by atoms with E-state index in [-0.39, 0.29) is 0 Å². The molecule has 1 aromatic rings. The van der Waals surface area contributed by atoms with Crippen LogP contribution in [0.2, 0.25) is 0 Å². The highest BCUT2D eigenvalue weighted by Gasteiger charge is 2.11. The maximum Gasteiger partial charge on any atom is 0.0642 e. The standard InChI is InChI=1S/C16H25N3O2/c1-3-16(19-9-13-21-14-10-19)4-2-15(1)17-5-6-18-7-11-20-12-8-18/h1-4,17H,5-14H2. The van der Waals surface area contributed by atoms with E-state index in [1.807, 2.05) is 0 Å². The number of morpholine rings is 2. The van der Waals surface area contributed by atoms with Gasteiger partial charge in [0.15, 0.2) is 0 Å². The van der Waals surface area contributed by atoms with Crippen LogP contribution >= 0.6 is 0 Å². The van der Waals surface area contributed by atoms with Gasteiger partial charge >= 0.3 is 0 Å². The summed E-state index contributed by atoms with van der Waals surface area (Å²) in [6.07, 6.45) is 0. The summed E-state index contributed by atoms with van der Waals surface area (Å²) in [7, 11) is 0. The lowest BCUT2D eigenvalue weighted by Gasteiger charge is -2.29. The molecule has 0 unspecified atom stereocenters. The van der Waals surface area contributed by atoms with E-state index in [1.165, 1.54) is 11.4 Å². The third kappa shape index (κ3) is 4.33. The van der Waals surface area contributed by atoms with Crippen molar-refractivity contribution in [1.29, 1.82) is 0 Å². The largest absolute Gasteiger partial charge is 0.384 e. The first-order valence-electron chi connectivity index (χ1n) is 7.88. The van der Waals surface area contributed by atoms with Gasteiger partial charge in [0, 0.05) is 50.6 Å². The van der Waals surface area contributed by atoms with Crippen LogP contribution in [0.1, 0.15) is 0 Å². The van der Waals surface area contributed by atoms with Crippen molar-refractivity contribution in [2.24, 2.45) is 0 Å². The molecule has 5 heteroatoms. The fourth-order valence-corrected chi connectivity index (χ4v) is 2.79. The summed E-state index contributed by atoms with van der Waals surface area (Å²) in [5.41, 5.74) is 2.48. The lowest BCUT2D eigenvalue weighted by Crippen LogP contribution is -2.39. The van der Waals surface area contributed by atoms with Gasteiger partial charge in [0.2, 0.25) is 0 Å². The summed E-state index contributed by atoms with van der Waals surface area (Å²) < 4.78 is 10.7. The summed E-state index contributed by atoms with van der Waals surface area (Å²) in [4.78, 5) is 4.82. The minimum Gasteiger partial charge on any atom is -0.384 e. The first-order chi connectivity index (χ1) is 10.4. The van der Waals surface area contributed by atoms with Crippen molar-refractivity contribution in [2.45, 2.75) is 0 Å². The summed E-state index contributed by atoms with van der Waals surface area (Å²) in [6, 6.07) is 8.74. The molecule has 0 spiro atoms. The average molecular weight is 291 g/mol. The number of hydrogen-bond acceptors (Lipinski definition) is 5. The molecule has 0 aromatic heterocycles. The normalized spacial score (nSPS) is 20.5. The van der Waals surface area contributed by atoms with Crippen LogP contribution in [0.3, 0.4) is 0 Å². The van der Waals surface area contributed by atoms with Crippen molar-refractivity contribution in [1.82, 2.24) is 4.90 Å². The molecule has 2 aliphatic heterocycles. The van der Waals surface area contributed by atoms with Crippen molar-refractivity contribution < 1.29 is 9.47 Å². The molecule has 0 amide bonds. The predicted molar refractivity (Wildman–Crippen MR) is 85.2 cm³/mol. The Kier molecular flexibility index (Phi) is 5.32. The molecule has 3 rings (SSSR count). The van der Waals surface area contributed by atoms with Crippen molar-refractivity contribution in [2.75, 3.05) is 75.9 Å². The van der Waals surface area contributed by atoms with E-state index in [0.717, 1.165) is 65.7 Å². The van der Waals surface area contributed by atoms with Crippen LogP contribution in [0.5, 0.6) is 0 Å². The maximum atomic E-state index is 5.39. The van der Waals surface area contributed by atoms with Crippen LogP contribution in [0.25, 0.3) is 0 Å². The van der Waals surface area contributed by atoms with Gasteiger partial charge in [-0.2, -0.15) is 0 Å². The van der Waals surface area contributed by atoms with Crippen molar-refractivity contribution >= 4 is 11.4 Å². The highest BCUT2D eigenvalue weighted by atomic mass is 16.5. The number of anilines is 2. The smallest absolute Gasteiger partial charge is 0.0642 e. The Hall–Kier alpha value is -1.30. The first-order valence-corrected chi connectivity index (χ1v) is 7.88. The number of benzene rings is 1. The van der Waals surface area contributed by atoms with E-state index in [9.17, 15) is 0 Å². The Labute approximate surface area is 126 Å². The lowest BCUT2D eigenvalue weighted by molar-refractivity contribution is 0.0398. The monoisotopic (exact) mass is 291 g/mol. The molecule has 21 heavy (non-hydrogen) atoms. The van der Waals surface area contributed by atoms with Crippen molar-refractivity contribution in [3.63, 3.8) is 0 Å². The highest BCUT2D eigenvalue weighted by molar-refractivity contribution is 5.55. The van der Waals surface area contributed by atoms with Gasteiger partial charge < -0.3 is 19.7 Å². The van der Waals surface area contributed by atoms with Gasteiger partial charge in [-0.25, -0.2) is 0 Å². The zero-order valence-electron chi connectivity index (χ0n) is 12.6. The average Bonchev–Trinajstić information content (AvgIpc) is 2.57. The minimum absolute atomic E-state index is 0.833. The number of ether oxygens (including phenoxy) is 2. The number of hydrogen-bond donors (Lipinski definition) is 1. The van der Waals surface area contributed by atoms with Crippen LogP contribution in [0.15, 0.2) is 24.3 Å². The fraction of sp³-hybridized carbons (Fsp3) is 0.625. The molecule has 1 aromatic carbocycles. The Morgan fingerprint density at radius 2 is 1.48 bits per heavy atom. The molecule has 2 fully saturated rings. The van der Waals surface area contributed by atoms with Crippen molar-refractivity contribution in [3.05, 3.63) is 24.3 Å². The Balaban J connectivity index is 1.43. The first kappa shape index (κ1) is 14.6. The third-order valence-corrected chi connectivity index (χ3v) is 4.10. The second-order valence-electron chi connectivity index (χ2n) is 5.53. The third-order valence-electron chi connectivity index (χ3n) is 4.10. The number of rotatable bonds is 5. The number of nitrogens with one attached hydrogen (secondary N) is 1. The van der Waals surface area contributed by atoms with E-state index < -0.39 is 0 Å². The molecule has 0 aliphatic carbocycles. The van der Waals surface area contributed by atoms with Gasteiger partial charge in [-0.1, -0.05) is 0 Å². The minimum atomic E-state index is 0.833. The molecule has 2 aliphatic rings. The van der Waals surface area contributed by atoms with Gasteiger partial charge in [0.1, 0.15) is 0 Å². The molecule has 2 saturated heterocycles. The molecule has 0 atom stereocenters. The fourth-order valence-electron chi connectivity index (χ4n) is 2.79. The Morgan fingerprint density at radius 1 is 0.857 bits per heavy atom. The second kappa shape index (κ2) is 7.64. The van der Waals surface area contributed by atoms with Crippen LogP contribution in [0.4, 0.5) is 11.4 Å². The zero-order valence-corrected chi connectivity index (χ0v) is 12.6. The molecular formula is C16H25N3O2. The van der Waals surface area contributed by atoms with E-state index in [4.69, 9.17) is 9.47 Å². The molecule has 0 saturated carbocycles. The van der Waals surface area contributed by atoms with Crippen LogP contribution in [0, 0.1) is 0 Å². The second-order valence-corrected chi connectivity index (χ2v) is 5.53. The molecule has 1 N–H and O–H groups in total. The molecule has 0 bridgehead atoms. The zero-order chi connectivity index (χ0) is 14.3. The van der Waals surface area contributed by atoms with E-state index >= 15 is 0 Å². The van der Waals surface area contributed by atoms with Gasteiger partial charge in [-0.05, 0) is 24.3 Å². The molecular weight excluding hydrogens is 266 g/mol. The lowest BCUT2D eigenvalue weighted by atomic mass is 10.2. The Morgan fingerprint density at radius 3 is 2.14 bits per heavy atom. The quantitative estimate of drug-likeness (QED) is 0.884. The molecule has 5 nitrogen and oxygen atoms in total. The van der Waals surface area contributed by atoms with Crippen LogP contribution < -0.4 is 10.2 Å². The summed E-state index contributed by atoms with van der Waals surface area (Å²) in [5.74, 6) is 0. The SMILES string of the molecule is c1cc(N2CCOCC2)ccc1NCCN1CCOCC1. The summed E-state index contributed by atoms with van der Waals surface area (Å²) >= 11 is 0. The van der Waals surface area contributed by atoms with Gasteiger partial charge in [-0.15, -0.1) is 0 Å². The predicted octanol–water partition coefficient (Wildman–Crippen LogP) is 1.27. The van der Waals surface area contributed by atoms with E-state index in [2.05, 4.69) is 39.4 Å². The molecule has 0 radical (unpaired) electrons. The van der Waals surface area contributed by atoms with Crippen LogP contribution in [-0.2, 0) is 9.47 Å². The Bertz CT molecular complexity index is 412. The van der Waals surface area contributed by atoms with Gasteiger partial charge in [0.25, 0.3) is 0 Å². The molecule has 2 heterocycles.